The molecule has 3 N–H and O–H groups in total. The summed E-state index contributed by atoms with van der Waals surface area (Å²) in [5.41, 5.74) is 0.805. The molecule has 40 heavy (non-hydrogen) atoms. The van der Waals surface area contributed by atoms with E-state index in [2.05, 4.69) is 13.2 Å². The minimum atomic E-state index is -1.51. The number of halogens is 4. The van der Waals surface area contributed by atoms with Gasteiger partial charge in [-0.1, -0.05) is 54.0 Å². The summed E-state index contributed by atoms with van der Waals surface area (Å²) in [6.07, 6.45) is 2.75. The number of aromatic hydroxyl groups is 2. The molecular weight excluding hydrogens is 602 g/mol. The van der Waals surface area contributed by atoms with E-state index in [4.69, 9.17) is 61.0 Å². The highest BCUT2D eigenvalue weighted by Crippen LogP contribution is 2.61. The van der Waals surface area contributed by atoms with Crippen molar-refractivity contribution in [2.24, 2.45) is 0 Å². The first kappa shape index (κ1) is 31.7. The summed E-state index contributed by atoms with van der Waals surface area (Å²) in [4.78, 5) is 23.6. The number of phenolic OH excluding ortho intramolecular Hbond substituents is 2. The lowest BCUT2D eigenvalue weighted by atomic mass is 9.76. The Hall–Kier alpha value is -2.84. The third kappa shape index (κ3) is 5.66. The Morgan fingerprint density at radius 2 is 1.73 bits per heavy atom. The van der Waals surface area contributed by atoms with Gasteiger partial charge < -0.3 is 24.8 Å². The lowest BCUT2D eigenvalue weighted by molar-refractivity contribution is -0.145. The fourth-order valence-electron chi connectivity index (χ4n) is 4.55. The number of rotatable bonds is 7. The van der Waals surface area contributed by atoms with Crippen molar-refractivity contribution < 1.29 is 34.4 Å². The summed E-state index contributed by atoms with van der Waals surface area (Å²) >= 11 is 23.5. The number of fused-ring (bicyclic) bond motifs is 4. The number of hydrogen-bond donors (Lipinski definition) is 3. The molecule has 7 nitrogen and oxygen atoms in total. The van der Waals surface area contributed by atoms with Gasteiger partial charge in [0.2, 0.25) is 0 Å². The Kier molecular flexibility index (Phi) is 9.78. The number of carboxylic acids is 1. The van der Waals surface area contributed by atoms with Gasteiger partial charge in [0.05, 0.1) is 10.4 Å². The van der Waals surface area contributed by atoms with Crippen molar-refractivity contribution in [2.75, 3.05) is 0 Å². The highest BCUT2D eigenvalue weighted by atomic mass is 35.5. The van der Waals surface area contributed by atoms with Crippen LogP contribution in [0.2, 0.25) is 10.0 Å². The van der Waals surface area contributed by atoms with Gasteiger partial charge in [0.1, 0.15) is 22.3 Å². The molecule has 0 aromatic heterocycles. The number of allylic oxidation sites excluding steroid dienone is 1. The van der Waals surface area contributed by atoms with Crippen LogP contribution in [0.1, 0.15) is 55.4 Å². The van der Waals surface area contributed by atoms with Crippen LogP contribution in [0.3, 0.4) is 0 Å². The van der Waals surface area contributed by atoms with E-state index in [0.717, 1.165) is 0 Å². The summed E-state index contributed by atoms with van der Waals surface area (Å²) in [6, 6.07) is 3.12. The molecule has 0 radical (unpaired) electrons. The number of unbranched alkanes of at least 4 members (excludes halogenated alkanes) is 1. The molecule has 2 aliphatic rings. The van der Waals surface area contributed by atoms with Crippen LogP contribution in [0.25, 0.3) is 0 Å². The van der Waals surface area contributed by atoms with Crippen LogP contribution in [-0.2, 0) is 26.3 Å². The Labute approximate surface area is 252 Å². The van der Waals surface area contributed by atoms with E-state index in [-0.39, 0.29) is 44.8 Å². The summed E-state index contributed by atoms with van der Waals surface area (Å²) < 4.78 is 12.1. The maximum atomic E-state index is 12.8. The molecule has 4 rings (SSSR count). The molecule has 11 heteroatoms. The maximum absolute atomic E-state index is 12.8. The van der Waals surface area contributed by atoms with Crippen molar-refractivity contribution in [3.05, 3.63) is 79.8 Å². The van der Waals surface area contributed by atoms with E-state index in [1.807, 2.05) is 0 Å². The molecule has 2 unspecified atom stereocenters. The van der Waals surface area contributed by atoms with E-state index < -0.39 is 17.5 Å². The number of carbonyl (C=O) groups is 2. The summed E-state index contributed by atoms with van der Waals surface area (Å²) in [5, 5.41) is 30.5. The smallest absolute Gasteiger partial charge is 0.335 e. The van der Waals surface area contributed by atoms with Crippen molar-refractivity contribution >= 4 is 58.3 Å². The zero-order valence-electron chi connectivity index (χ0n) is 22.0. The first-order chi connectivity index (χ1) is 18.7. The molecule has 2 aliphatic heterocycles. The second-order valence-electron chi connectivity index (χ2n) is 9.36. The van der Waals surface area contributed by atoms with Crippen molar-refractivity contribution in [3.63, 3.8) is 0 Å². The van der Waals surface area contributed by atoms with Gasteiger partial charge in [-0.3, -0.25) is 4.79 Å². The van der Waals surface area contributed by atoms with E-state index in [1.165, 1.54) is 12.1 Å². The largest absolute Gasteiger partial charge is 0.506 e. The van der Waals surface area contributed by atoms with Gasteiger partial charge in [-0.15, -0.1) is 11.6 Å². The molecule has 0 bridgehead atoms. The van der Waals surface area contributed by atoms with Gasteiger partial charge in [0.25, 0.3) is 0 Å². The maximum Gasteiger partial charge on any atom is 0.335 e. The number of aryl methyl sites for hydroxylation is 1. The Balaban J connectivity index is 0.000000663. The number of phenols is 2. The molecule has 0 amide bonds. The quantitative estimate of drug-likeness (QED) is 0.160. The average Bonchev–Trinajstić information content (AvgIpc) is 3.14. The van der Waals surface area contributed by atoms with Crippen LogP contribution in [0, 0.1) is 6.92 Å². The Morgan fingerprint density at radius 3 is 2.27 bits per heavy atom. The molecule has 0 saturated carbocycles. The van der Waals surface area contributed by atoms with Gasteiger partial charge in [-0.05, 0) is 57.7 Å². The molecule has 2 heterocycles. The number of alkyl halides is 1. The minimum Gasteiger partial charge on any atom is -0.506 e. The monoisotopic (exact) mass is 628 g/mol. The van der Waals surface area contributed by atoms with Crippen molar-refractivity contribution in [1.29, 1.82) is 0 Å². The minimum absolute atomic E-state index is 0.00128. The number of carbonyl (C=O) groups excluding carboxylic acids is 1. The second-order valence-corrected chi connectivity index (χ2v) is 11.3. The molecular formula is C29H28Cl4O7. The number of ether oxygens (including phenoxy) is 2. The third-order valence-electron chi connectivity index (χ3n) is 6.73. The topological polar surface area (TPSA) is 113 Å². The van der Waals surface area contributed by atoms with Gasteiger partial charge in [0.15, 0.2) is 11.4 Å². The van der Waals surface area contributed by atoms with Crippen LogP contribution in [0.5, 0.6) is 23.0 Å². The van der Waals surface area contributed by atoms with Gasteiger partial charge in [-0.2, -0.15) is 0 Å². The van der Waals surface area contributed by atoms with Crippen molar-refractivity contribution in [2.45, 2.75) is 57.4 Å². The van der Waals surface area contributed by atoms with Crippen molar-refractivity contribution in [1.82, 2.24) is 0 Å². The summed E-state index contributed by atoms with van der Waals surface area (Å²) in [5.74, 6) is -1.60. The normalized spacial score (nSPS) is 17.7. The highest BCUT2D eigenvalue weighted by molar-refractivity contribution is 6.37. The standard InChI is InChI=1S/C25H22Cl2O7.C4H6Cl2/c1-4-14-11(2)24(32)34-25(14)15-9-13(7-5-6-8-18(28)29)21(31)19(27)23(15)33-22-12(3)20(30)17(26)10-16(22)25;1-3(5)4(2)6/h4,9-10,30-31H,1,5-8H2,2-3H3,(H,28,29);4H,1H2,2H3. The zero-order valence-corrected chi connectivity index (χ0v) is 25.1. The number of hydrogen-bond acceptors (Lipinski definition) is 6. The van der Waals surface area contributed by atoms with Gasteiger partial charge >= 0.3 is 11.9 Å². The predicted molar refractivity (Wildman–Crippen MR) is 156 cm³/mol. The van der Waals surface area contributed by atoms with E-state index in [1.54, 1.807) is 26.8 Å². The predicted octanol–water partition coefficient (Wildman–Crippen LogP) is 8.29. The van der Waals surface area contributed by atoms with Crippen molar-refractivity contribution in [3.8, 4) is 23.0 Å². The molecule has 2 atom stereocenters. The van der Waals surface area contributed by atoms with E-state index in [0.29, 0.717) is 57.7 Å². The van der Waals surface area contributed by atoms with E-state index >= 15 is 0 Å². The fraction of sp³-hybridized carbons (Fsp3) is 0.310. The highest BCUT2D eigenvalue weighted by Gasteiger charge is 2.54. The lowest BCUT2D eigenvalue weighted by Gasteiger charge is -2.39. The lowest BCUT2D eigenvalue weighted by Crippen LogP contribution is -2.34. The average molecular weight is 630 g/mol. The molecule has 214 valence electrons. The SMILES string of the molecule is C=C(Cl)C(C)Cl.C=CC1=C(C)C(=O)OC12c1cc(Cl)c(O)c(C)c1Oc1c2cc(CCCCC(=O)O)c(O)c1Cl. The molecule has 0 saturated heterocycles. The first-order valence-electron chi connectivity index (χ1n) is 12.2. The first-order valence-corrected chi connectivity index (χ1v) is 13.8. The molecule has 0 fully saturated rings. The van der Waals surface area contributed by atoms with Gasteiger partial charge in [0, 0.05) is 39.3 Å². The van der Waals surface area contributed by atoms with E-state index in [9.17, 15) is 19.8 Å². The molecule has 1 spiro atoms. The van der Waals surface area contributed by atoms with Crippen LogP contribution in [0.15, 0.2) is 47.5 Å². The number of esters is 1. The summed E-state index contributed by atoms with van der Waals surface area (Å²) in [7, 11) is 0. The number of benzene rings is 2. The van der Waals surface area contributed by atoms with Crippen LogP contribution in [-0.4, -0.2) is 32.6 Å². The molecule has 2 aromatic carbocycles. The summed E-state index contributed by atoms with van der Waals surface area (Å²) in [6.45, 7) is 12.3. The Morgan fingerprint density at radius 1 is 1.12 bits per heavy atom. The zero-order chi connectivity index (χ0) is 30.1. The van der Waals surface area contributed by atoms with Gasteiger partial charge in [-0.25, -0.2) is 4.79 Å². The van der Waals surface area contributed by atoms with Crippen LogP contribution >= 0.6 is 46.4 Å². The molecule has 2 aromatic rings. The fourth-order valence-corrected chi connectivity index (χ4v) is 5.06. The Bertz CT molecular complexity index is 1440. The molecule has 0 aliphatic carbocycles. The number of aliphatic carboxylic acids is 1. The van der Waals surface area contributed by atoms with Crippen LogP contribution < -0.4 is 4.74 Å². The second kappa shape index (κ2) is 12.4. The van der Waals surface area contributed by atoms with Crippen LogP contribution in [0.4, 0.5) is 0 Å². The number of carboxylic acid groups (broad SMARTS) is 1. The third-order valence-corrected chi connectivity index (χ3v) is 8.07.